The van der Waals surface area contributed by atoms with Gasteiger partial charge in [-0.2, -0.15) is 0 Å². The number of carbonyl (C=O) groups excluding carboxylic acids is 2. The van der Waals surface area contributed by atoms with Crippen LogP contribution in [0.5, 0.6) is 0 Å². The monoisotopic (exact) mass is 446 g/mol. The van der Waals surface area contributed by atoms with Gasteiger partial charge in [-0.1, -0.05) is 18.2 Å². The Hall–Kier alpha value is -3.58. The van der Waals surface area contributed by atoms with E-state index in [-0.39, 0.29) is 23.7 Å². The zero-order valence-corrected chi connectivity index (χ0v) is 18.8. The number of nitrogens with zero attached hydrogens (tertiary/aromatic N) is 3. The fraction of sp³-hybridized carbons (Fsp3) is 0.269. The van der Waals surface area contributed by atoms with Gasteiger partial charge in [-0.15, -0.1) is 0 Å². The highest BCUT2D eigenvalue weighted by atomic mass is 19.1. The van der Waals surface area contributed by atoms with Crippen molar-refractivity contribution in [2.24, 2.45) is 0 Å². The third kappa shape index (κ3) is 5.62. The normalized spacial score (nSPS) is 16.9. The van der Waals surface area contributed by atoms with Crippen molar-refractivity contribution >= 4 is 34.5 Å². The Morgan fingerprint density at radius 1 is 1.18 bits per heavy atom. The SMILES string of the molecule is CC(=O)Nc1cc2ncccc2cc1/C=C/C(=O)N1CCN(Cc2ccc(F)cc2)CC1C. The quantitative estimate of drug-likeness (QED) is 0.600. The zero-order valence-electron chi connectivity index (χ0n) is 18.8. The molecule has 0 spiro atoms. The lowest BCUT2D eigenvalue weighted by atomic mass is 10.1. The number of aromatic nitrogens is 1. The molecule has 33 heavy (non-hydrogen) atoms. The lowest BCUT2D eigenvalue weighted by Gasteiger charge is -2.39. The van der Waals surface area contributed by atoms with E-state index in [1.807, 2.05) is 36.1 Å². The van der Waals surface area contributed by atoms with Crippen LogP contribution in [0.2, 0.25) is 0 Å². The molecule has 1 unspecified atom stereocenters. The van der Waals surface area contributed by atoms with Crippen molar-refractivity contribution in [1.29, 1.82) is 0 Å². The molecule has 0 radical (unpaired) electrons. The number of nitrogens with one attached hydrogen (secondary N) is 1. The molecule has 7 heteroatoms. The first kappa shape index (κ1) is 22.6. The van der Waals surface area contributed by atoms with Crippen molar-refractivity contribution in [3.05, 3.63) is 77.7 Å². The third-order valence-electron chi connectivity index (χ3n) is 5.80. The van der Waals surface area contributed by atoms with Gasteiger partial charge in [-0.05, 0) is 54.5 Å². The maximum Gasteiger partial charge on any atom is 0.246 e. The molecule has 1 saturated heterocycles. The maximum absolute atomic E-state index is 13.1. The predicted molar refractivity (Wildman–Crippen MR) is 128 cm³/mol. The maximum atomic E-state index is 13.1. The fourth-order valence-electron chi connectivity index (χ4n) is 4.18. The van der Waals surface area contributed by atoms with Crippen LogP contribution in [0.25, 0.3) is 17.0 Å². The summed E-state index contributed by atoms with van der Waals surface area (Å²) in [5.74, 6) is -0.486. The third-order valence-corrected chi connectivity index (χ3v) is 5.80. The number of hydrogen-bond donors (Lipinski definition) is 1. The van der Waals surface area contributed by atoms with E-state index in [1.165, 1.54) is 19.1 Å². The summed E-state index contributed by atoms with van der Waals surface area (Å²) < 4.78 is 13.1. The van der Waals surface area contributed by atoms with Gasteiger partial charge < -0.3 is 10.2 Å². The van der Waals surface area contributed by atoms with E-state index in [9.17, 15) is 14.0 Å². The Morgan fingerprint density at radius 3 is 2.70 bits per heavy atom. The van der Waals surface area contributed by atoms with E-state index in [0.29, 0.717) is 12.2 Å². The van der Waals surface area contributed by atoms with E-state index >= 15 is 0 Å². The lowest BCUT2D eigenvalue weighted by molar-refractivity contribution is -0.130. The van der Waals surface area contributed by atoms with E-state index in [2.05, 4.69) is 15.2 Å². The number of halogens is 1. The van der Waals surface area contributed by atoms with E-state index in [4.69, 9.17) is 0 Å². The molecule has 3 aromatic rings. The van der Waals surface area contributed by atoms with Gasteiger partial charge in [0, 0.05) is 56.8 Å². The number of amides is 2. The molecule has 2 amide bonds. The Balaban J connectivity index is 1.44. The van der Waals surface area contributed by atoms with Crippen molar-refractivity contribution in [3.8, 4) is 0 Å². The van der Waals surface area contributed by atoms with E-state index in [0.717, 1.165) is 41.7 Å². The minimum absolute atomic E-state index is 0.0481. The van der Waals surface area contributed by atoms with Crippen LogP contribution in [0.4, 0.5) is 10.1 Å². The number of anilines is 1. The Bertz CT molecular complexity index is 1190. The highest BCUT2D eigenvalue weighted by Crippen LogP contribution is 2.24. The molecule has 170 valence electrons. The summed E-state index contributed by atoms with van der Waals surface area (Å²) >= 11 is 0. The number of benzene rings is 2. The highest BCUT2D eigenvalue weighted by Gasteiger charge is 2.26. The zero-order chi connectivity index (χ0) is 23.4. The van der Waals surface area contributed by atoms with Crippen LogP contribution in [0.1, 0.15) is 25.0 Å². The topological polar surface area (TPSA) is 65.5 Å². The van der Waals surface area contributed by atoms with Crippen molar-refractivity contribution in [1.82, 2.24) is 14.8 Å². The van der Waals surface area contributed by atoms with Gasteiger partial charge >= 0.3 is 0 Å². The molecular weight excluding hydrogens is 419 g/mol. The van der Waals surface area contributed by atoms with Crippen LogP contribution in [0.15, 0.2) is 60.8 Å². The predicted octanol–water partition coefficient (Wildman–Crippen LogP) is 4.08. The van der Waals surface area contributed by atoms with Gasteiger partial charge in [-0.25, -0.2) is 4.39 Å². The minimum Gasteiger partial charge on any atom is -0.334 e. The first-order valence-corrected chi connectivity index (χ1v) is 11.0. The molecule has 4 rings (SSSR count). The molecule has 1 fully saturated rings. The van der Waals surface area contributed by atoms with Crippen molar-refractivity contribution in [3.63, 3.8) is 0 Å². The summed E-state index contributed by atoms with van der Waals surface area (Å²) in [6.45, 7) is 6.33. The van der Waals surface area contributed by atoms with Crippen molar-refractivity contribution in [2.75, 3.05) is 25.0 Å². The first-order valence-electron chi connectivity index (χ1n) is 11.0. The molecule has 1 aliphatic rings. The smallest absolute Gasteiger partial charge is 0.246 e. The summed E-state index contributed by atoms with van der Waals surface area (Å²) in [6.07, 6.45) is 5.02. The largest absolute Gasteiger partial charge is 0.334 e. The lowest BCUT2D eigenvalue weighted by Crippen LogP contribution is -2.53. The molecule has 0 saturated carbocycles. The first-order chi connectivity index (χ1) is 15.9. The minimum atomic E-state index is -0.237. The van der Waals surface area contributed by atoms with Crippen molar-refractivity contribution < 1.29 is 14.0 Å². The fourth-order valence-corrected chi connectivity index (χ4v) is 4.18. The summed E-state index contributed by atoms with van der Waals surface area (Å²) in [6, 6.07) is 14.1. The van der Waals surface area contributed by atoms with Crippen LogP contribution in [0, 0.1) is 5.82 Å². The molecule has 0 bridgehead atoms. The van der Waals surface area contributed by atoms with E-state index < -0.39 is 0 Å². The van der Waals surface area contributed by atoms with Gasteiger partial charge in [0.2, 0.25) is 11.8 Å². The Morgan fingerprint density at radius 2 is 1.97 bits per heavy atom. The van der Waals surface area contributed by atoms with Crippen molar-refractivity contribution in [2.45, 2.75) is 26.4 Å². The molecule has 0 aliphatic carbocycles. The molecule has 2 heterocycles. The van der Waals surface area contributed by atoms with Crippen LogP contribution >= 0.6 is 0 Å². The molecule has 2 aromatic carbocycles. The van der Waals surface area contributed by atoms with Gasteiger partial charge in [0.25, 0.3) is 0 Å². The van der Waals surface area contributed by atoms with Crippen LogP contribution in [-0.2, 0) is 16.1 Å². The second-order valence-corrected chi connectivity index (χ2v) is 8.39. The highest BCUT2D eigenvalue weighted by molar-refractivity contribution is 5.98. The second-order valence-electron chi connectivity index (χ2n) is 8.39. The second kappa shape index (κ2) is 9.92. The number of piperazine rings is 1. The van der Waals surface area contributed by atoms with Gasteiger partial charge in [0.15, 0.2) is 0 Å². The molecule has 6 nitrogen and oxygen atoms in total. The molecule has 1 N–H and O–H groups in total. The molecule has 1 atom stereocenters. The summed E-state index contributed by atoms with van der Waals surface area (Å²) in [5.41, 5.74) is 3.20. The number of hydrogen-bond acceptors (Lipinski definition) is 4. The molecule has 1 aromatic heterocycles. The average Bonchev–Trinajstić information content (AvgIpc) is 2.78. The van der Waals surface area contributed by atoms with Gasteiger partial charge in [0.05, 0.1) is 11.2 Å². The van der Waals surface area contributed by atoms with E-state index in [1.54, 1.807) is 30.5 Å². The van der Waals surface area contributed by atoms with Crippen LogP contribution < -0.4 is 5.32 Å². The Labute approximate surface area is 192 Å². The standard InChI is InChI=1S/C26H27FN4O2/c1-18-16-30(17-20-5-8-23(27)9-6-20)12-13-31(18)26(33)10-7-22-14-21-4-3-11-28-24(21)15-25(22)29-19(2)32/h3-11,14-15,18H,12-13,16-17H2,1-2H3,(H,29,32)/b10-7+. The average molecular weight is 447 g/mol. The number of pyridine rings is 1. The summed E-state index contributed by atoms with van der Waals surface area (Å²) in [4.78, 5) is 33.1. The molecule has 1 aliphatic heterocycles. The Kier molecular flexibility index (Phi) is 6.79. The van der Waals surface area contributed by atoms with Gasteiger partial charge in [0.1, 0.15) is 5.82 Å². The summed E-state index contributed by atoms with van der Waals surface area (Å²) in [7, 11) is 0. The number of fused-ring (bicyclic) bond motifs is 1. The van der Waals surface area contributed by atoms with Gasteiger partial charge in [-0.3, -0.25) is 19.5 Å². The number of carbonyl (C=O) groups is 2. The van der Waals surface area contributed by atoms with Crippen LogP contribution in [0.3, 0.4) is 0 Å². The van der Waals surface area contributed by atoms with Crippen LogP contribution in [-0.4, -0.2) is 52.3 Å². The number of rotatable bonds is 5. The summed E-state index contributed by atoms with van der Waals surface area (Å²) in [5, 5.41) is 3.76. The molecular formula is C26H27FN4O2.